The van der Waals surface area contributed by atoms with Crippen LogP contribution in [0, 0.1) is 12.7 Å². The zero-order chi connectivity index (χ0) is 15.0. The summed E-state index contributed by atoms with van der Waals surface area (Å²) in [5, 5.41) is 3.79. The molecule has 0 radical (unpaired) electrons. The van der Waals surface area contributed by atoms with E-state index in [1.807, 2.05) is 6.92 Å². The third kappa shape index (κ3) is 2.57. The standard InChI is InChI=1S/C13H10FN3O3S/c1-9-2-4-10(5-3-9)21(18,19)20-13-15-8-12-11(14)6-7-17(12)16-13/h2-8H,1H3. The van der Waals surface area contributed by atoms with Gasteiger partial charge in [-0.15, -0.1) is 5.10 Å². The van der Waals surface area contributed by atoms with E-state index in [0.29, 0.717) is 0 Å². The third-order valence-electron chi connectivity index (χ3n) is 2.84. The van der Waals surface area contributed by atoms with Gasteiger partial charge in [0.2, 0.25) is 0 Å². The zero-order valence-electron chi connectivity index (χ0n) is 10.9. The second-order valence-electron chi connectivity index (χ2n) is 4.38. The molecule has 0 unspecified atom stereocenters. The van der Waals surface area contributed by atoms with E-state index in [1.54, 1.807) is 12.1 Å². The Bertz CT molecular complexity index is 904. The van der Waals surface area contributed by atoms with Crippen molar-refractivity contribution >= 4 is 15.6 Å². The number of hydrogen-bond acceptors (Lipinski definition) is 5. The molecular weight excluding hydrogens is 297 g/mol. The van der Waals surface area contributed by atoms with Gasteiger partial charge in [-0.2, -0.15) is 13.4 Å². The summed E-state index contributed by atoms with van der Waals surface area (Å²) >= 11 is 0. The quantitative estimate of drug-likeness (QED) is 0.691. The number of nitrogens with zero attached hydrogens (tertiary/aromatic N) is 3. The zero-order valence-corrected chi connectivity index (χ0v) is 11.7. The summed E-state index contributed by atoms with van der Waals surface area (Å²) in [5.74, 6) is -0.497. The molecule has 0 N–H and O–H groups in total. The lowest BCUT2D eigenvalue weighted by atomic mass is 10.2. The van der Waals surface area contributed by atoms with Gasteiger partial charge in [0.1, 0.15) is 10.4 Å². The van der Waals surface area contributed by atoms with Gasteiger partial charge in [-0.1, -0.05) is 17.7 Å². The van der Waals surface area contributed by atoms with Gasteiger partial charge in [0.25, 0.3) is 0 Å². The smallest absolute Gasteiger partial charge is 0.338 e. The number of aryl methyl sites for hydroxylation is 1. The molecule has 0 saturated carbocycles. The van der Waals surface area contributed by atoms with Crippen LogP contribution in [0.1, 0.15) is 5.56 Å². The van der Waals surface area contributed by atoms with E-state index >= 15 is 0 Å². The first-order valence-corrected chi connectivity index (χ1v) is 7.37. The Kier molecular flexibility index (Phi) is 3.09. The van der Waals surface area contributed by atoms with Crippen molar-refractivity contribution in [1.29, 1.82) is 0 Å². The molecule has 0 amide bonds. The number of fused-ring (bicyclic) bond motifs is 1. The molecule has 21 heavy (non-hydrogen) atoms. The van der Waals surface area contributed by atoms with E-state index < -0.39 is 15.9 Å². The fourth-order valence-corrected chi connectivity index (χ4v) is 2.58. The molecule has 0 spiro atoms. The number of rotatable bonds is 3. The topological polar surface area (TPSA) is 73.6 Å². The Hall–Kier alpha value is -2.48. The maximum atomic E-state index is 13.3. The Morgan fingerprint density at radius 3 is 2.62 bits per heavy atom. The summed E-state index contributed by atoms with van der Waals surface area (Å²) in [6.45, 7) is 1.84. The molecule has 0 aliphatic heterocycles. The highest BCUT2D eigenvalue weighted by atomic mass is 32.2. The van der Waals surface area contributed by atoms with Crippen molar-refractivity contribution < 1.29 is 17.0 Å². The lowest BCUT2D eigenvalue weighted by molar-refractivity contribution is 0.456. The normalized spacial score (nSPS) is 11.7. The minimum Gasteiger partial charge on any atom is -0.338 e. The maximum absolute atomic E-state index is 13.3. The van der Waals surface area contributed by atoms with E-state index in [1.165, 1.54) is 24.4 Å². The van der Waals surface area contributed by atoms with Crippen molar-refractivity contribution in [2.45, 2.75) is 11.8 Å². The predicted octanol–water partition coefficient (Wildman–Crippen LogP) is 1.94. The maximum Gasteiger partial charge on any atom is 0.350 e. The van der Waals surface area contributed by atoms with Crippen LogP contribution in [0.15, 0.2) is 47.6 Å². The second-order valence-corrected chi connectivity index (χ2v) is 5.93. The molecule has 0 fully saturated rings. The van der Waals surface area contributed by atoms with Crippen molar-refractivity contribution in [3.05, 3.63) is 54.1 Å². The van der Waals surface area contributed by atoms with E-state index in [9.17, 15) is 12.8 Å². The fraction of sp³-hybridized carbons (Fsp3) is 0.0769. The molecule has 2 heterocycles. The largest absolute Gasteiger partial charge is 0.350 e. The Morgan fingerprint density at radius 1 is 1.19 bits per heavy atom. The van der Waals surface area contributed by atoms with Gasteiger partial charge in [-0.3, -0.25) is 0 Å². The van der Waals surface area contributed by atoms with Gasteiger partial charge in [-0.25, -0.2) is 8.91 Å². The van der Waals surface area contributed by atoms with Crippen molar-refractivity contribution in [3.63, 3.8) is 0 Å². The number of benzene rings is 1. The van der Waals surface area contributed by atoms with E-state index in [4.69, 9.17) is 4.18 Å². The molecule has 2 aromatic heterocycles. The SMILES string of the molecule is Cc1ccc(S(=O)(=O)Oc2ncc3c(F)ccn3n2)cc1. The highest BCUT2D eigenvalue weighted by molar-refractivity contribution is 7.87. The predicted molar refractivity (Wildman–Crippen MR) is 71.9 cm³/mol. The molecule has 0 aliphatic carbocycles. The number of halogens is 1. The van der Waals surface area contributed by atoms with Crippen LogP contribution in [0.4, 0.5) is 4.39 Å². The molecule has 0 aliphatic rings. The Labute approximate surface area is 119 Å². The number of hydrogen-bond donors (Lipinski definition) is 0. The summed E-state index contributed by atoms with van der Waals surface area (Å²) in [4.78, 5) is 3.69. The van der Waals surface area contributed by atoms with Crippen LogP contribution in [-0.4, -0.2) is 23.0 Å². The van der Waals surface area contributed by atoms with Crippen LogP contribution in [0.3, 0.4) is 0 Å². The molecule has 3 aromatic rings. The lowest BCUT2D eigenvalue weighted by Gasteiger charge is -2.05. The molecule has 8 heteroatoms. The second kappa shape index (κ2) is 4.81. The summed E-state index contributed by atoms with van der Waals surface area (Å²) in [7, 11) is -4.02. The molecule has 1 aromatic carbocycles. The fourth-order valence-electron chi connectivity index (χ4n) is 1.74. The highest BCUT2D eigenvalue weighted by Gasteiger charge is 2.18. The van der Waals surface area contributed by atoms with Crippen molar-refractivity contribution in [2.24, 2.45) is 0 Å². The molecule has 108 valence electrons. The van der Waals surface area contributed by atoms with Crippen LogP contribution < -0.4 is 4.18 Å². The van der Waals surface area contributed by atoms with Crippen molar-refractivity contribution in [2.75, 3.05) is 0 Å². The lowest BCUT2D eigenvalue weighted by Crippen LogP contribution is -2.12. The molecule has 0 bridgehead atoms. The molecule has 0 atom stereocenters. The minimum atomic E-state index is -4.02. The number of aromatic nitrogens is 3. The van der Waals surface area contributed by atoms with Crippen molar-refractivity contribution in [3.8, 4) is 6.01 Å². The van der Waals surface area contributed by atoms with Gasteiger partial charge in [0, 0.05) is 6.20 Å². The van der Waals surface area contributed by atoms with Gasteiger partial charge in [-0.05, 0) is 25.1 Å². The Balaban J connectivity index is 1.95. The van der Waals surface area contributed by atoms with Crippen LogP contribution in [0.2, 0.25) is 0 Å². The van der Waals surface area contributed by atoms with Gasteiger partial charge in [0.05, 0.1) is 6.20 Å². The summed E-state index contributed by atoms with van der Waals surface area (Å²) in [5.41, 5.74) is 1.06. The van der Waals surface area contributed by atoms with Crippen molar-refractivity contribution in [1.82, 2.24) is 14.6 Å². The first-order chi connectivity index (χ1) is 9.95. The summed E-state index contributed by atoms with van der Waals surface area (Å²) < 4.78 is 43.4. The van der Waals surface area contributed by atoms with Gasteiger partial charge >= 0.3 is 16.1 Å². The average Bonchev–Trinajstić information content (AvgIpc) is 2.80. The van der Waals surface area contributed by atoms with Crippen LogP contribution in [-0.2, 0) is 10.1 Å². The van der Waals surface area contributed by atoms with Crippen LogP contribution in [0.25, 0.3) is 5.52 Å². The minimum absolute atomic E-state index is 0.00418. The monoisotopic (exact) mass is 307 g/mol. The summed E-state index contributed by atoms with van der Waals surface area (Å²) in [6.07, 6.45) is 2.50. The highest BCUT2D eigenvalue weighted by Crippen LogP contribution is 2.16. The van der Waals surface area contributed by atoms with E-state index in [-0.39, 0.29) is 16.4 Å². The van der Waals surface area contributed by atoms with Gasteiger partial charge in [0.15, 0.2) is 5.82 Å². The molecular formula is C13H10FN3O3S. The average molecular weight is 307 g/mol. The van der Waals surface area contributed by atoms with E-state index in [0.717, 1.165) is 16.3 Å². The summed E-state index contributed by atoms with van der Waals surface area (Å²) in [6, 6.07) is 6.99. The molecule has 6 nitrogen and oxygen atoms in total. The third-order valence-corrected chi connectivity index (χ3v) is 4.06. The van der Waals surface area contributed by atoms with Gasteiger partial charge < -0.3 is 4.18 Å². The Morgan fingerprint density at radius 2 is 1.90 bits per heavy atom. The first-order valence-electron chi connectivity index (χ1n) is 5.97. The van der Waals surface area contributed by atoms with E-state index in [2.05, 4.69) is 10.1 Å². The van der Waals surface area contributed by atoms with Crippen LogP contribution >= 0.6 is 0 Å². The molecule has 3 rings (SSSR count). The molecule has 0 saturated heterocycles. The first kappa shape index (κ1) is 13.5. The van der Waals surface area contributed by atoms with Crippen LogP contribution in [0.5, 0.6) is 6.01 Å².